The number of hydrogen-bond donors (Lipinski definition) is 0. The van der Waals surface area contributed by atoms with Gasteiger partial charge in [-0.3, -0.25) is 4.79 Å². The molecule has 4 heteroatoms. The minimum atomic E-state index is -0.252. The van der Waals surface area contributed by atoms with Crippen molar-refractivity contribution in [1.29, 1.82) is 0 Å². The monoisotopic (exact) mass is 288 g/mol. The van der Waals surface area contributed by atoms with Gasteiger partial charge in [-0.2, -0.15) is 0 Å². The van der Waals surface area contributed by atoms with Crippen LogP contribution in [0.2, 0.25) is 0 Å². The van der Waals surface area contributed by atoms with Gasteiger partial charge >= 0.3 is 0 Å². The zero-order valence-corrected chi connectivity index (χ0v) is 12.7. The Kier molecular flexibility index (Phi) is 4.78. The van der Waals surface area contributed by atoms with Crippen molar-refractivity contribution in [3.63, 3.8) is 0 Å². The summed E-state index contributed by atoms with van der Waals surface area (Å²) in [6, 6.07) is 10.3. The van der Waals surface area contributed by atoms with Gasteiger partial charge in [0.25, 0.3) is 0 Å². The van der Waals surface area contributed by atoms with E-state index >= 15 is 0 Å². The van der Waals surface area contributed by atoms with E-state index in [-0.39, 0.29) is 17.6 Å². The zero-order valence-electron chi connectivity index (χ0n) is 12.7. The lowest BCUT2D eigenvalue weighted by molar-refractivity contribution is -0.130. The first-order valence-corrected chi connectivity index (χ1v) is 7.07. The van der Waals surface area contributed by atoms with Crippen molar-refractivity contribution < 1.29 is 9.18 Å². The third-order valence-electron chi connectivity index (χ3n) is 3.80. The van der Waals surface area contributed by atoms with E-state index < -0.39 is 0 Å². The molecule has 0 aliphatic carbocycles. The molecular formula is C17H21FN2O. The molecule has 1 heterocycles. The van der Waals surface area contributed by atoms with Crippen LogP contribution in [0.15, 0.2) is 42.6 Å². The molecule has 21 heavy (non-hydrogen) atoms. The summed E-state index contributed by atoms with van der Waals surface area (Å²) in [7, 11) is 3.78. The normalized spacial score (nSPS) is 12.2. The van der Waals surface area contributed by atoms with E-state index in [2.05, 4.69) is 0 Å². The van der Waals surface area contributed by atoms with Gasteiger partial charge in [0.15, 0.2) is 0 Å². The average molecular weight is 288 g/mol. The molecule has 0 unspecified atom stereocenters. The van der Waals surface area contributed by atoms with E-state index in [0.29, 0.717) is 13.0 Å². The first-order chi connectivity index (χ1) is 9.97. The van der Waals surface area contributed by atoms with Crippen molar-refractivity contribution in [1.82, 2.24) is 9.47 Å². The van der Waals surface area contributed by atoms with Gasteiger partial charge in [-0.1, -0.05) is 19.1 Å². The number of aromatic nitrogens is 1. The lowest BCUT2D eigenvalue weighted by Crippen LogP contribution is -2.28. The van der Waals surface area contributed by atoms with Gasteiger partial charge < -0.3 is 9.47 Å². The van der Waals surface area contributed by atoms with Crippen LogP contribution < -0.4 is 0 Å². The molecule has 0 bridgehead atoms. The Morgan fingerprint density at radius 1 is 1.29 bits per heavy atom. The molecular weight excluding hydrogens is 267 g/mol. The maximum absolute atomic E-state index is 12.9. The van der Waals surface area contributed by atoms with Crippen molar-refractivity contribution in [2.75, 3.05) is 7.05 Å². The average Bonchev–Trinajstić information content (AvgIpc) is 2.84. The number of carbonyl (C=O) groups is 1. The summed E-state index contributed by atoms with van der Waals surface area (Å²) in [4.78, 5) is 14.0. The predicted octanol–water partition coefficient (Wildman–Crippen LogP) is 3.32. The maximum Gasteiger partial charge on any atom is 0.223 e. The number of benzene rings is 1. The van der Waals surface area contributed by atoms with Crippen LogP contribution in [0.4, 0.5) is 4.39 Å². The Morgan fingerprint density at radius 3 is 2.52 bits per heavy atom. The Labute approximate surface area is 125 Å². The second-order valence-electron chi connectivity index (χ2n) is 5.52. The molecule has 3 nitrogen and oxygen atoms in total. The van der Waals surface area contributed by atoms with Crippen LogP contribution in [0, 0.1) is 5.82 Å². The second kappa shape index (κ2) is 6.57. The number of hydrogen-bond acceptors (Lipinski definition) is 1. The van der Waals surface area contributed by atoms with E-state index in [4.69, 9.17) is 0 Å². The molecule has 112 valence electrons. The number of halogens is 1. The topological polar surface area (TPSA) is 25.2 Å². The molecule has 0 spiro atoms. The van der Waals surface area contributed by atoms with Crippen LogP contribution in [0.25, 0.3) is 0 Å². The van der Waals surface area contributed by atoms with Gasteiger partial charge in [-0.25, -0.2) is 4.39 Å². The molecule has 0 fully saturated rings. The number of amides is 1. The molecule has 0 N–H and O–H groups in total. The van der Waals surface area contributed by atoms with Crippen LogP contribution in [-0.2, 0) is 18.4 Å². The molecule has 2 rings (SSSR count). The highest BCUT2D eigenvalue weighted by molar-refractivity contribution is 5.76. The van der Waals surface area contributed by atoms with Crippen molar-refractivity contribution >= 4 is 5.91 Å². The molecule has 0 saturated heterocycles. The molecule has 0 radical (unpaired) electrons. The van der Waals surface area contributed by atoms with Crippen LogP contribution in [0.3, 0.4) is 0 Å². The summed E-state index contributed by atoms with van der Waals surface area (Å²) in [6.45, 7) is 2.58. The zero-order chi connectivity index (χ0) is 15.4. The third-order valence-corrected chi connectivity index (χ3v) is 3.80. The summed E-state index contributed by atoms with van der Waals surface area (Å²) in [5, 5.41) is 0. The molecule has 2 aromatic rings. The molecule has 1 amide bonds. The Hall–Kier alpha value is -2.10. The molecule has 1 aromatic carbocycles. The number of nitrogens with zero attached hydrogens (tertiary/aromatic N) is 2. The maximum atomic E-state index is 12.9. The van der Waals surface area contributed by atoms with Crippen LogP contribution in [-0.4, -0.2) is 22.4 Å². The molecule has 0 saturated carbocycles. The number of aryl methyl sites for hydroxylation is 1. The van der Waals surface area contributed by atoms with Crippen LogP contribution in [0.1, 0.15) is 30.5 Å². The molecule has 1 aromatic heterocycles. The fraction of sp³-hybridized carbons (Fsp3) is 0.353. The summed E-state index contributed by atoms with van der Waals surface area (Å²) < 4.78 is 14.9. The number of rotatable bonds is 5. The highest BCUT2D eigenvalue weighted by Crippen LogP contribution is 2.20. The Balaban J connectivity index is 1.94. The quantitative estimate of drug-likeness (QED) is 0.828. The standard InChI is InChI=1S/C17H21FN2O/c1-13(14-6-8-15(18)9-7-14)11-17(21)20(3)12-16-5-4-10-19(16)2/h4-10,13H,11-12H2,1-3H3/t13-/m0/s1. The molecule has 1 atom stereocenters. The highest BCUT2D eigenvalue weighted by Gasteiger charge is 2.15. The van der Waals surface area contributed by atoms with Crippen molar-refractivity contribution in [3.8, 4) is 0 Å². The second-order valence-corrected chi connectivity index (χ2v) is 5.52. The smallest absolute Gasteiger partial charge is 0.223 e. The lowest BCUT2D eigenvalue weighted by Gasteiger charge is -2.20. The largest absolute Gasteiger partial charge is 0.353 e. The molecule has 0 aliphatic rings. The minimum Gasteiger partial charge on any atom is -0.353 e. The highest BCUT2D eigenvalue weighted by atomic mass is 19.1. The van der Waals surface area contributed by atoms with Gasteiger partial charge in [0, 0.05) is 32.4 Å². The first kappa shape index (κ1) is 15.3. The first-order valence-electron chi connectivity index (χ1n) is 7.07. The molecule has 0 aliphatic heterocycles. The van der Waals surface area contributed by atoms with Crippen LogP contribution >= 0.6 is 0 Å². The van der Waals surface area contributed by atoms with Crippen LogP contribution in [0.5, 0.6) is 0 Å². The van der Waals surface area contributed by atoms with E-state index in [1.165, 1.54) is 12.1 Å². The predicted molar refractivity (Wildman–Crippen MR) is 81.3 cm³/mol. The Bertz CT molecular complexity index is 604. The van der Waals surface area contributed by atoms with Gasteiger partial charge in [0.1, 0.15) is 5.82 Å². The fourth-order valence-corrected chi connectivity index (χ4v) is 2.32. The van der Waals surface area contributed by atoms with E-state index in [1.54, 1.807) is 17.0 Å². The third kappa shape index (κ3) is 3.94. The van der Waals surface area contributed by atoms with Gasteiger partial charge in [0.2, 0.25) is 5.91 Å². The van der Waals surface area contributed by atoms with Gasteiger partial charge in [0.05, 0.1) is 6.54 Å². The van der Waals surface area contributed by atoms with E-state index in [0.717, 1.165) is 11.3 Å². The summed E-state index contributed by atoms with van der Waals surface area (Å²) in [5.41, 5.74) is 2.08. The number of carbonyl (C=O) groups excluding carboxylic acids is 1. The fourth-order valence-electron chi connectivity index (χ4n) is 2.32. The summed E-state index contributed by atoms with van der Waals surface area (Å²) in [5.74, 6) is -0.0833. The lowest BCUT2D eigenvalue weighted by atomic mass is 9.97. The summed E-state index contributed by atoms with van der Waals surface area (Å²) in [6.07, 6.45) is 2.39. The van der Waals surface area contributed by atoms with Gasteiger partial charge in [-0.15, -0.1) is 0 Å². The summed E-state index contributed by atoms with van der Waals surface area (Å²) >= 11 is 0. The minimum absolute atomic E-state index is 0.0777. The van der Waals surface area contributed by atoms with Crippen molar-refractivity contribution in [2.45, 2.75) is 25.8 Å². The van der Waals surface area contributed by atoms with Crippen molar-refractivity contribution in [3.05, 3.63) is 59.7 Å². The van der Waals surface area contributed by atoms with Gasteiger partial charge in [-0.05, 0) is 35.7 Å². The van der Waals surface area contributed by atoms with E-state index in [1.807, 2.05) is 43.9 Å². The SMILES string of the molecule is C[C@@H](CC(=O)N(C)Cc1cccn1C)c1ccc(F)cc1. The van der Waals surface area contributed by atoms with Crippen molar-refractivity contribution in [2.24, 2.45) is 7.05 Å². The Morgan fingerprint density at radius 2 is 1.95 bits per heavy atom. The van der Waals surface area contributed by atoms with E-state index in [9.17, 15) is 9.18 Å².